The van der Waals surface area contributed by atoms with E-state index in [1.54, 1.807) is 6.20 Å². The van der Waals surface area contributed by atoms with Gasteiger partial charge in [0.15, 0.2) is 5.82 Å². The van der Waals surface area contributed by atoms with E-state index in [1.165, 1.54) is 0 Å². The average molecular weight is 250 g/mol. The molecule has 2 rings (SSSR count). The van der Waals surface area contributed by atoms with Crippen LogP contribution < -0.4 is 10.6 Å². The van der Waals surface area contributed by atoms with Gasteiger partial charge in [-0.1, -0.05) is 0 Å². The van der Waals surface area contributed by atoms with Gasteiger partial charge in [0, 0.05) is 38.9 Å². The first-order valence-electron chi connectivity index (χ1n) is 6.52. The molecule has 1 unspecified atom stereocenters. The van der Waals surface area contributed by atoms with Gasteiger partial charge in [0.05, 0.1) is 11.8 Å². The maximum absolute atomic E-state index is 9.29. The summed E-state index contributed by atoms with van der Waals surface area (Å²) in [5.74, 6) is 0.896. The van der Waals surface area contributed by atoms with Crippen molar-refractivity contribution in [2.24, 2.45) is 0 Å². The van der Waals surface area contributed by atoms with Crippen LogP contribution in [0.5, 0.6) is 0 Å². The standard InChI is InChI=1S/C13H22N4O/c1-11(18)4-6-16-7-9-17(10-8-16)13-12(14)3-2-5-15-13/h2-3,5,11,18H,4,6-10,14H2,1H3. The minimum Gasteiger partial charge on any atom is -0.396 e. The van der Waals surface area contributed by atoms with Crippen LogP contribution in [0.15, 0.2) is 18.3 Å². The Bertz CT molecular complexity index is 375. The van der Waals surface area contributed by atoms with Crippen molar-refractivity contribution < 1.29 is 5.11 Å². The van der Waals surface area contributed by atoms with Crippen LogP contribution in [0.3, 0.4) is 0 Å². The van der Waals surface area contributed by atoms with Crippen molar-refractivity contribution in [3.05, 3.63) is 18.3 Å². The quantitative estimate of drug-likeness (QED) is 0.817. The van der Waals surface area contributed by atoms with Crippen LogP contribution in [-0.4, -0.2) is 53.8 Å². The molecule has 5 heteroatoms. The highest BCUT2D eigenvalue weighted by Gasteiger charge is 2.19. The molecule has 0 bridgehead atoms. The number of rotatable bonds is 4. The number of hydrogen-bond acceptors (Lipinski definition) is 5. The van der Waals surface area contributed by atoms with E-state index in [1.807, 2.05) is 19.1 Å². The normalized spacial score (nSPS) is 18.9. The molecule has 0 radical (unpaired) electrons. The summed E-state index contributed by atoms with van der Waals surface area (Å²) in [4.78, 5) is 8.95. The van der Waals surface area contributed by atoms with Crippen molar-refractivity contribution in [2.45, 2.75) is 19.4 Å². The molecule has 1 aliphatic heterocycles. The number of piperazine rings is 1. The third kappa shape index (κ3) is 3.34. The second kappa shape index (κ2) is 6.02. The van der Waals surface area contributed by atoms with Gasteiger partial charge < -0.3 is 15.7 Å². The van der Waals surface area contributed by atoms with Gasteiger partial charge in [0.25, 0.3) is 0 Å². The van der Waals surface area contributed by atoms with E-state index >= 15 is 0 Å². The lowest BCUT2D eigenvalue weighted by Crippen LogP contribution is -2.47. The Balaban J connectivity index is 1.85. The van der Waals surface area contributed by atoms with Gasteiger partial charge in [-0.05, 0) is 25.5 Å². The molecule has 1 aromatic heterocycles. The Morgan fingerprint density at radius 2 is 2.11 bits per heavy atom. The molecule has 0 spiro atoms. The number of aliphatic hydroxyl groups excluding tert-OH is 1. The minimum absolute atomic E-state index is 0.213. The average Bonchev–Trinajstić information content (AvgIpc) is 2.38. The fraction of sp³-hybridized carbons (Fsp3) is 0.615. The fourth-order valence-corrected chi connectivity index (χ4v) is 2.23. The molecule has 1 saturated heterocycles. The lowest BCUT2D eigenvalue weighted by molar-refractivity contribution is 0.153. The van der Waals surface area contributed by atoms with Gasteiger partial charge in [0.2, 0.25) is 0 Å². The van der Waals surface area contributed by atoms with Crippen molar-refractivity contribution in [1.29, 1.82) is 0 Å². The second-order valence-electron chi connectivity index (χ2n) is 4.88. The van der Waals surface area contributed by atoms with Gasteiger partial charge in [-0.3, -0.25) is 4.90 Å². The highest BCUT2D eigenvalue weighted by atomic mass is 16.3. The Kier molecular flexibility index (Phi) is 4.38. The molecule has 1 aliphatic rings. The van der Waals surface area contributed by atoms with Crippen molar-refractivity contribution in [1.82, 2.24) is 9.88 Å². The summed E-state index contributed by atoms with van der Waals surface area (Å²) in [6, 6.07) is 3.75. The molecule has 1 aromatic rings. The number of hydrogen-bond donors (Lipinski definition) is 2. The van der Waals surface area contributed by atoms with Crippen LogP contribution in [-0.2, 0) is 0 Å². The smallest absolute Gasteiger partial charge is 0.151 e. The van der Waals surface area contributed by atoms with Gasteiger partial charge in [-0.15, -0.1) is 0 Å². The van der Waals surface area contributed by atoms with Crippen molar-refractivity contribution in [3.63, 3.8) is 0 Å². The van der Waals surface area contributed by atoms with Gasteiger partial charge in [-0.25, -0.2) is 4.98 Å². The second-order valence-corrected chi connectivity index (χ2v) is 4.88. The molecule has 1 fully saturated rings. The summed E-state index contributed by atoms with van der Waals surface area (Å²) in [5.41, 5.74) is 6.68. The molecule has 18 heavy (non-hydrogen) atoms. The van der Waals surface area contributed by atoms with E-state index in [2.05, 4.69) is 14.8 Å². The van der Waals surface area contributed by atoms with Crippen LogP contribution in [0.1, 0.15) is 13.3 Å². The number of anilines is 2. The maximum atomic E-state index is 9.29. The third-order valence-corrected chi connectivity index (χ3v) is 3.35. The molecule has 1 atom stereocenters. The molecule has 3 N–H and O–H groups in total. The zero-order chi connectivity index (χ0) is 13.0. The molecule has 0 saturated carbocycles. The molecule has 5 nitrogen and oxygen atoms in total. The predicted octanol–water partition coefficient (Wildman–Crippen LogP) is 0.557. The van der Waals surface area contributed by atoms with Crippen LogP contribution in [0.4, 0.5) is 11.5 Å². The van der Waals surface area contributed by atoms with Gasteiger partial charge in [0.1, 0.15) is 0 Å². The zero-order valence-electron chi connectivity index (χ0n) is 10.9. The Morgan fingerprint density at radius 3 is 2.72 bits per heavy atom. The maximum Gasteiger partial charge on any atom is 0.151 e. The van der Waals surface area contributed by atoms with E-state index in [9.17, 15) is 5.11 Å². The summed E-state index contributed by atoms with van der Waals surface area (Å²) >= 11 is 0. The lowest BCUT2D eigenvalue weighted by Gasteiger charge is -2.36. The van der Waals surface area contributed by atoms with Crippen LogP contribution in [0, 0.1) is 0 Å². The Morgan fingerprint density at radius 1 is 1.39 bits per heavy atom. The molecule has 0 aromatic carbocycles. The number of nitrogens with two attached hydrogens (primary N) is 1. The van der Waals surface area contributed by atoms with Gasteiger partial charge in [-0.2, -0.15) is 0 Å². The summed E-state index contributed by atoms with van der Waals surface area (Å²) in [7, 11) is 0. The van der Waals surface area contributed by atoms with Crippen LogP contribution in [0.2, 0.25) is 0 Å². The SMILES string of the molecule is CC(O)CCN1CCN(c2ncccc2N)CC1. The van der Waals surface area contributed by atoms with E-state index < -0.39 is 0 Å². The summed E-state index contributed by atoms with van der Waals surface area (Å²) < 4.78 is 0. The molecular formula is C13H22N4O. The first-order valence-corrected chi connectivity index (χ1v) is 6.52. The number of aromatic nitrogens is 1. The van der Waals surface area contributed by atoms with E-state index in [-0.39, 0.29) is 6.10 Å². The molecule has 0 amide bonds. The van der Waals surface area contributed by atoms with Crippen molar-refractivity contribution in [2.75, 3.05) is 43.4 Å². The van der Waals surface area contributed by atoms with E-state index in [4.69, 9.17) is 5.73 Å². The molecule has 0 aliphatic carbocycles. The predicted molar refractivity (Wildman–Crippen MR) is 73.6 cm³/mol. The molecule has 2 heterocycles. The van der Waals surface area contributed by atoms with Crippen LogP contribution >= 0.6 is 0 Å². The topological polar surface area (TPSA) is 65.6 Å². The summed E-state index contributed by atoms with van der Waals surface area (Å²) in [6.07, 6.45) is 2.41. The first kappa shape index (κ1) is 13.1. The highest BCUT2D eigenvalue weighted by molar-refractivity contribution is 5.62. The monoisotopic (exact) mass is 250 g/mol. The van der Waals surface area contributed by atoms with E-state index in [0.29, 0.717) is 0 Å². The zero-order valence-corrected chi connectivity index (χ0v) is 10.9. The number of nitrogen functional groups attached to an aromatic ring is 1. The summed E-state index contributed by atoms with van der Waals surface area (Å²) in [5, 5.41) is 9.29. The van der Waals surface area contributed by atoms with Crippen LogP contribution in [0.25, 0.3) is 0 Å². The lowest BCUT2D eigenvalue weighted by atomic mass is 10.2. The number of aliphatic hydroxyl groups is 1. The Labute approximate surface area is 108 Å². The Hall–Kier alpha value is -1.33. The van der Waals surface area contributed by atoms with Crippen molar-refractivity contribution >= 4 is 11.5 Å². The highest BCUT2D eigenvalue weighted by Crippen LogP contribution is 2.20. The first-order chi connectivity index (χ1) is 8.66. The number of nitrogens with zero attached hydrogens (tertiary/aromatic N) is 3. The van der Waals surface area contributed by atoms with E-state index in [0.717, 1.165) is 50.6 Å². The fourth-order valence-electron chi connectivity index (χ4n) is 2.23. The molecule has 100 valence electrons. The van der Waals surface area contributed by atoms with Gasteiger partial charge >= 0.3 is 0 Å². The molecular weight excluding hydrogens is 228 g/mol. The number of pyridine rings is 1. The third-order valence-electron chi connectivity index (χ3n) is 3.35. The van der Waals surface area contributed by atoms with Crippen molar-refractivity contribution in [3.8, 4) is 0 Å². The summed E-state index contributed by atoms with van der Waals surface area (Å²) in [6.45, 7) is 6.70. The minimum atomic E-state index is -0.213. The largest absolute Gasteiger partial charge is 0.396 e.